The van der Waals surface area contributed by atoms with Crippen molar-refractivity contribution in [3.8, 4) is 5.75 Å². The van der Waals surface area contributed by atoms with Crippen LogP contribution in [-0.2, 0) is 11.3 Å². The van der Waals surface area contributed by atoms with Crippen LogP contribution in [0.2, 0.25) is 0 Å². The molecule has 0 N–H and O–H groups in total. The lowest BCUT2D eigenvalue weighted by Gasteiger charge is -2.36. The van der Waals surface area contributed by atoms with E-state index in [4.69, 9.17) is 9.72 Å². The van der Waals surface area contributed by atoms with Gasteiger partial charge in [0.15, 0.2) is 0 Å². The number of aryl methyl sites for hydroxylation is 1. The third kappa shape index (κ3) is 4.94. The molecule has 0 spiro atoms. The molecule has 2 fully saturated rings. The molecule has 3 aromatic rings. The van der Waals surface area contributed by atoms with Gasteiger partial charge in [-0.05, 0) is 61.7 Å². The van der Waals surface area contributed by atoms with Gasteiger partial charge in [0.2, 0.25) is 5.91 Å². The van der Waals surface area contributed by atoms with Crippen molar-refractivity contribution < 1.29 is 14.3 Å². The largest absolute Gasteiger partial charge is 0.497 e. The summed E-state index contributed by atoms with van der Waals surface area (Å²) in [6.45, 7) is 7.02. The van der Waals surface area contributed by atoms with E-state index in [0.717, 1.165) is 54.0 Å². The third-order valence-electron chi connectivity index (χ3n) is 6.98. The Kier molecular flexibility index (Phi) is 6.32. The SMILES string of the molecule is COc1ccc(C(=O)N(Cc2cc3ccc(C)cc3nc2N2CCN(C(C)=O)CC2)C2CC2)cc1. The molecule has 7 nitrogen and oxygen atoms in total. The summed E-state index contributed by atoms with van der Waals surface area (Å²) in [5.74, 6) is 1.79. The molecule has 2 amide bonds. The molecule has 7 heteroatoms. The topological polar surface area (TPSA) is 66.0 Å². The highest BCUT2D eigenvalue weighted by Gasteiger charge is 2.34. The molecule has 0 atom stereocenters. The van der Waals surface area contributed by atoms with E-state index >= 15 is 0 Å². The minimum atomic E-state index is 0.0338. The number of carbonyl (C=O) groups excluding carboxylic acids is 2. The number of ether oxygens (including phenoxy) is 1. The van der Waals surface area contributed by atoms with Gasteiger partial charge in [-0.1, -0.05) is 12.1 Å². The van der Waals surface area contributed by atoms with E-state index in [1.165, 1.54) is 5.56 Å². The minimum absolute atomic E-state index is 0.0338. The predicted octanol–water partition coefficient (Wildman–Crippen LogP) is 4.03. The molecular weight excluding hydrogens is 440 g/mol. The number of hydrogen-bond acceptors (Lipinski definition) is 5. The van der Waals surface area contributed by atoms with E-state index in [9.17, 15) is 9.59 Å². The van der Waals surface area contributed by atoms with Gasteiger partial charge in [-0.2, -0.15) is 0 Å². The Morgan fingerprint density at radius 1 is 1.03 bits per heavy atom. The van der Waals surface area contributed by atoms with Gasteiger partial charge in [-0.15, -0.1) is 0 Å². The summed E-state index contributed by atoms with van der Waals surface area (Å²) in [5.41, 5.74) is 3.83. The number of piperazine rings is 1. The monoisotopic (exact) mass is 472 g/mol. The number of methoxy groups -OCH3 is 1. The molecule has 0 radical (unpaired) electrons. The van der Waals surface area contributed by atoms with Crippen molar-refractivity contribution in [2.75, 3.05) is 38.2 Å². The zero-order chi connectivity index (χ0) is 24.5. The predicted molar refractivity (Wildman–Crippen MR) is 137 cm³/mol. The number of aromatic nitrogens is 1. The van der Waals surface area contributed by atoms with Crippen LogP contribution in [-0.4, -0.2) is 65.9 Å². The van der Waals surface area contributed by atoms with Crippen LogP contribution in [0.1, 0.15) is 41.3 Å². The second kappa shape index (κ2) is 9.56. The fourth-order valence-corrected chi connectivity index (χ4v) is 4.77. The summed E-state index contributed by atoms with van der Waals surface area (Å²) in [4.78, 5) is 36.6. The molecule has 182 valence electrons. The number of carbonyl (C=O) groups is 2. The highest BCUT2D eigenvalue weighted by molar-refractivity contribution is 5.95. The zero-order valence-corrected chi connectivity index (χ0v) is 20.7. The molecule has 2 aliphatic rings. The van der Waals surface area contributed by atoms with Crippen molar-refractivity contribution in [1.82, 2.24) is 14.8 Å². The van der Waals surface area contributed by atoms with Crippen LogP contribution in [0.3, 0.4) is 0 Å². The van der Waals surface area contributed by atoms with Gasteiger partial charge in [0.25, 0.3) is 5.91 Å². The van der Waals surface area contributed by atoms with Crippen LogP contribution in [0.25, 0.3) is 10.9 Å². The number of rotatable bonds is 6. The van der Waals surface area contributed by atoms with Crippen molar-refractivity contribution in [1.29, 1.82) is 0 Å². The maximum absolute atomic E-state index is 13.6. The molecule has 2 heterocycles. The number of benzene rings is 2. The van der Waals surface area contributed by atoms with Gasteiger partial charge >= 0.3 is 0 Å². The summed E-state index contributed by atoms with van der Waals surface area (Å²) in [6, 6.07) is 16.1. The average molecular weight is 473 g/mol. The maximum Gasteiger partial charge on any atom is 0.254 e. The Balaban J connectivity index is 1.48. The highest BCUT2D eigenvalue weighted by atomic mass is 16.5. The molecule has 0 unspecified atom stereocenters. The van der Waals surface area contributed by atoms with E-state index in [2.05, 4.69) is 36.1 Å². The minimum Gasteiger partial charge on any atom is -0.497 e. The summed E-state index contributed by atoms with van der Waals surface area (Å²) in [6.07, 6.45) is 2.05. The lowest BCUT2D eigenvalue weighted by molar-refractivity contribution is -0.129. The first-order valence-electron chi connectivity index (χ1n) is 12.3. The Morgan fingerprint density at radius 2 is 1.74 bits per heavy atom. The smallest absolute Gasteiger partial charge is 0.254 e. The van der Waals surface area contributed by atoms with Crippen molar-refractivity contribution in [3.05, 3.63) is 65.2 Å². The molecule has 1 aliphatic heterocycles. The number of amides is 2. The average Bonchev–Trinajstić information content (AvgIpc) is 3.72. The van der Waals surface area contributed by atoms with Crippen LogP contribution < -0.4 is 9.64 Å². The molecule has 2 aromatic carbocycles. The lowest BCUT2D eigenvalue weighted by Crippen LogP contribution is -2.48. The standard InChI is InChI=1S/C28H32N4O3/c1-19-4-5-22-17-23(27(29-26(22)16-19)31-14-12-30(13-15-31)20(2)33)18-32(24-8-9-24)28(34)21-6-10-25(35-3)11-7-21/h4-7,10-11,16-17,24H,8-9,12-15,18H2,1-3H3. The Hall–Kier alpha value is -3.61. The van der Waals surface area contributed by atoms with Crippen LogP contribution in [0.5, 0.6) is 5.75 Å². The third-order valence-corrected chi connectivity index (χ3v) is 6.98. The number of nitrogens with zero attached hydrogens (tertiary/aromatic N) is 4. The highest BCUT2D eigenvalue weighted by Crippen LogP contribution is 2.33. The lowest BCUT2D eigenvalue weighted by atomic mass is 10.1. The Morgan fingerprint density at radius 3 is 2.37 bits per heavy atom. The normalized spacial score (nSPS) is 15.9. The van der Waals surface area contributed by atoms with Crippen molar-refractivity contribution in [2.24, 2.45) is 0 Å². The van der Waals surface area contributed by atoms with Gasteiger partial charge in [0.05, 0.1) is 12.6 Å². The second-order valence-corrected chi connectivity index (χ2v) is 9.55. The summed E-state index contributed by atoms with van der Waals surface area (Å²) in [7, 11) is 1.62. The van der Waals surface area contributed by atoms with E-state index in [1.807, 2.05) is 34.1 Å². The number of pyridine rings is 1. The van der Waals surface area contributed by atoms with Gasteiger partial charge in [0.1, 0.15) is 11.6 Å². The second-order valence-electron chi connectivity index (χ2n) is 9.55. The Bertz CT molecular complexity index is 1250. The number of anilines is 1. The molecule has 1 aromatic heterocycles. The molecule has 0 bridgehead atoms. The summed E-state index contributed by atoms with van der Waals surface area (Å²) < 4.78 is 5.26. The van der Waals surface area contributed by atoms with Gasteiger partial charge in [-0.25, -0.2) is 4.98 Å². The number of hydrogen-bond donors (Lipinski definition) is 0. The van der Waals surface area contributed by atoms with Crippen LogP contribution in [0.4, 0.5) is 5.82 Å². The Labute approximate surface area is 206 Å². The zero-order valence-electron chi connectivity index (χ0n) is 20.7. The molecule has 35 heavy (non-hydrogen) atoms. The first-order chi connectivity index (χ1) is 16.9. The van der Waals surface area contributed by atoms with Crippen LogP contribution >= 0.6 is 0 Å². The van der Waals surface area contributed by atoms with Crippen LogP contribution in [0.15, 0.2) is 48.5 Å². The van der Waals surface area contributed by atoms with E-state index < -0.39 is 0 Å². The molecule has 5 rings (SSSR count). The van der Waals surface area contributed by atoms with E-state index in [0.29, 0.717) is 25.2 Å². The van der Waals surface area contributed by atoms with Crippen molar-refractivity contribution in [2.45, 2.75) is 39.3 Å². The first-order valence-corrected chi connectivity index (χ1v) is 12.3. The van der Waals surface area contributed by atoms with Gasteiger partial charge < -0.3 is 19.4 Å². The molecule has 1 aliphatic carbocycles. The fraction of sp³-hybridized carbons (Fsp3) is 0.393. The summed E-state index contributed by atoms with van der Waals surface area (Å²) >= 11 is 0. The van der Waals surface area contributed by atoms with E-state index in [-0.39, 0.29) is 17.9 Å². The summed E-state index contributed by atoms with van der Waals surface area (Å²) in [5, 5.41) is 1.07. The van der Waals surface area contributed by atoms with Gasteiger partial charge in [-0.3, -0.25) is 9.59 Å². The van der Waals surface area contributed by atoms with Gasteiger partial charge in [0, 0.05) is 62.2 Å². The quantitative estimate of drug-likeness (QED) is 0.542. The molecular formula is C28H32N4O3. The maximum atomic E-state index is 13.6. The molecule has 1 saturated carbocycles. The number of fused-ring (bicyclic) bond motifs is 1. The van der Waals surface area contributed by atoms with Crippen molar-refractivity contribution >= 4 is 28.5 Å². The first kappa shape index (κ1) is 23.1. The van der Waals surface area contributed by atoms with Crippen LogP contribution in [0, 0.1) is 6.92 Å². The van der Waals surface area contributed by atoms with E-state index in [1.54, 1.807) is 14.0 Å². The molecule has 1 saturated heterocycles. The fourth-order valence-electron chi connectivity index (χ4n) is 4.77. The van der Waals surface area contributed by atoms with Crippen molar-refractivity contribution in [3.63, 3.8) is 0 Å².